The van der Waals surface area contributed by atoms with Gasteiger partial charge in [-0.3, -0.25) is 0 Å². The second-order valence-electron chi connectivity index (χ2n) is 4.32. The summed E-state index contributed by atoms with van der Waals surface area (Å²) in [6.07, 6.45) is 3.20. The van der Waals surface area contributed by atoms with Crippen molar-refractivity contribution in [2.24, 2.45) is 0 Å². The van der Waals surface area contributed by atoms with Gasteiger partial charge in [-0.05, 0) is 37.4 Å². The number of rotatable bonds is 1. The highest BCUT2D eigenvalue weighted by Crippen LogP contribution is 2.30. The Kier molecular flexibility index (Phi) is 2.37. The lowest BCUT2D eigenvalue weighted by Gasteiger charge is -2.11. The van der Waals surface area contributed by atoms with Gasteiger partial charge in [-0.15, -0.1) is 0 Å². The Morgan fingerprint density at radius 2 is 2.44 bits per heavy atom. The van der Waals surface area contributed by atoms with E-state index >= 15 is 0 Å². The first kappa shape index (κ1) is 10.1. The number of nitrogens with one attached hydrogen (secondary N) is 1. The van der Waals surface area contributed by atoms with E-state index in [-0.39, 0.29) is 0 Å². The molecule has 0 saturated carbocycles. The van der Waals surface area contributed by atoms with Gasteiger partial charge >= 0.3 is 0 Å². The van der Waals surface area contributed by atoms with E-state index in [1.165, 1.54) is 12.0 Å². The summed E-state index contributed by atoms with van der Waals surface area (Å²) in [7, 11) is 0. The van der Waals surface area contributed by atoms with Crippen LogP contribution < -0.4 is 5.32 Å². The molecule has 4 heteroatoms. The first-order valence-corrected chi connectivity index (χ1v) is 5.99. The van der Waals surface area contributed by atoms with E-state index < -0.39 is 0 Å². The lowest BCUT2D eigenvalue weighted by Crippen LogP contribution is -2.08. The lowest BCUT2D eigenvalue weighted by molar-refractivity contribution is 0.765. The van der Waals surface area contributed by atoms with E-state index in [0.717, 1.165) is 24.4 Å². The summed E-state index contributed by atoms with van der Waals surface area (Å²) >= 11 is 6.21. The number of halogens is 1. The minimum atomic E-state index is 0.567. The number of fused-ring (bicyclic) bond motifs is 1. The van der Waals surface area contributed by atoms with E-state index in [2.05, 4.69) is 26.8 Å². The Balaban J connectivity index is 2.23. The van der Waals surface area contributed by atoms with Gasteiger partial charge in [0.1, 0.15) is 5.82 Å². The number of pyridine rings is 1. The molecule has 2 aromatic rings. The third kappa shape index (κ3) is 1.43. The number of hydrogen-bond donors (Lipinski definition) is 1. The predicted octanol–water partition coefficient (Wildman–Crippen LogP) is 2.37. The van der Waals surface area contributed by atoms with Gasteiger partial charge in [0.2, 0.25) is 0 Å². The van der Waals surface area contributed by atoms with E-state index in [1.54, 1.807) is 0 Å². The van der Waals surface area contributed by atoms with Crippen molar-refractivity contribution in [3.05, 3.63) is 34.9 Å². The number of imidazole rings is 1. The standard InChI is InChI=1S/C12H14ClN3/c1-8-15-12(13)11-10(3-2-6-16(8)11)9-4-5-14-7-9/h2-3,6,9,14H,4-5,7H2,1H3. The highest BCUT2D eigenvalue weighted by Gasteiger charge is 2.21. The van der Waals surface area contributed by atoms with Crippen LogP contribution in [-0.4, -0.2) is 22.5 Å². The first-order chi connectivity index (χ1) is 7.77. The highest BCUT2D eigenvalue weighted by atomic mass is 35.5. The minimum Gasteiger partial charge on any atom is -0.316 e. The fourth-order valence-electron chi connectivity index (χ4n) is 2.51. The summed E-state index contributed by atoms with van der Waals surface area (Å²) in [6, 6.07) is 4.24. The van der Waals surface area contributed by atoms with E-state index in [1.807, 2.05) is 13.1 Å². The van der Waals surface area contributed by atoms with Gasteiger partial charge in [-0.2, -0.15) is 0 Å². The summed E-state index contributed by atoms with van der Waals surface area (Å²) in [6.45, 7) is 4.12. The quantitative estimate of drug-likeness (QED) is 0.823. The Morgan fingerprint density at radius 1 is 1.56 bits per heavy atom. The molecule has 3 nitrogen and oxygen atoms in total. The van der Waals surface area contributed by atoms with Crippen molar-refractivity contribution < 1.29 is 0 Å². The van der Waals surface area contributed by atoms with Crippen LogP contribution in [0, 0.1) is 6.92 Å². The summed E-state index contributed by atoms with van der Waals surface area (Å²) in [5.41, 5.74) is 2.40. The normalized spacial score (nSPS) is 20.8. The van der Waals surface area contributed by atoms with Crippen LogP contribution in [0.4, 0.5) is 0 Å². The second-order valence-corrected chi connectivity index (χ2v) is 4.68. The largest absolute Gasteiger partial charge is 0.316 e. The average molecular weight is 236 g/mol. The van der Waals surface area contributed by atoms with Crippen molar-refractivity contribution in [3.63, 3.8) is 0 Å². The molecule has 0 spiro atoms. The van der Waals surface area contributed by atoms with Gasteiger partial charge in [0.05, 0.1) is 5.52 Å². The third-order valence-corrected chi connectivity index (χ3v) is 3.59. The van der Waals surface area contributed by atoms with Gasteiger partial charge < -0.3 is 9.72 Å². The topological polar surface area (TPSA) is 29.3 Å². The molecule has 3 heterocycles. The summed E-state index contributed by atoms with van der Waals surface area (Å²) in [4.78, 5) is 4.33. The monoisotopic (exact) mass is 235 g/mol. The number of aromatic nitrogens is 2. The Morgan fingerprint density at radius 3 is 3.19 bits per heavy atom. The molecule has 0 aliphatic carbocycles. The number of hydrogen-bond acceptors (Lipinski definition) is 2. The molecule has 1 saturated heterocycles. The Bertz CT molecular complexity index is 526. The minimum absolute atomic E-state index is 0.567. The molecule has 0 bridgehead atoms. The molecular weight excluding hydrogens is 222 g/mol. The molecule has 1 unspecified atom stereocenters. The van der Waals surface area contributed by atoms with Crippen molar-refractivity contribution >= 4 is 17.1 Å². The predicted molar refractivity (Wildman–Crippen MR) is 65.2 cm³/mol. The second kappa shape index (κ2) is 3.75. The van der Waals surface area contributed by atoms with E-state index in [0.29, 0.717) is 11.1 Å². The molecule has 16 heavy (non-hydrogen) atoms. The SMILES string of the molecule is Cc1nc(Cl)c2c(C3CCNC3)cccn12. The van der Waals surface area contributed by atoms with Crippen LogP contribution in [0.2, 0.25) is 5.15 Å². The number of aryl methyl sites for hydroxylation is 1. The van der Waals surface area contributed by atoms with Crippen LogP contribution in [0.15, 0.2) is 18.3 Å². The molecular formula is C12H14ClN3. The van der Waals surface area contributed by atoms with Crippen molar-refractivity contribution in [2.45, 2.75) is 19.3 Å². The summed E-state index contributed by atoms with van der Waals surface area (Å²) in [5.74, 6) is 1.52. The van der Waals surface area contributed by atoms with Crippen molar-refractivity contribution in [1.82, 2.24) is 14.7 Å². The number of nitrogens with zero attached hydrogens (tertiary/aromatic N) is 2. The molecule has 1 fully saturated rings. The molecule has 2 aromatic heterocycles. The first-order valence-electron chi connectivity index (χ1n) is 5.61. The molecule has 1 atom stereocenters. The zero-order chi connectivity index (χ0) is 11.1. The van der Waals surface area contributed by atoms with Gasteiger partial charge in [-0.25, -0.2) is 4.98 Å². The van der Waals surface area contributed by atoms with Crippen LogP contribution in [0.3, 0.4) is 0 Å². The molecule has 1 aliphatic heterocycles. The van der Waals surface area contributed by atoms with Crippen molar-refractivity contribution in [3.8, 4) is 0 Å². The van der Waals surface area contributed by atoms with E-state index in [9.17, 15) is 0 Å². The fraction of sp³-hybridized carbons (Fsp3) is 0.417. The van der Waals surface area contributed by atoms with Crippen LogP contribution >= 0.6 is 11.6 Å². The summed E-state index contributed by atoms with van der Waals surface area (Å²) < 4.78 is 2.08. The maximum Gasteiger partial charge on any atom is 0.155 e. The molecule has 0 aromatic carbocycles. The maximum atomic E-state index is 6.21. The van der Waals surface area contributed by atoms with Gasteiger partial charge in [0.15, 0.2) is 5.15 Å². The molecule has 1 aliphatic rings. The Hall–Kier alpha value is -1.06. The maximum absolute atomic E-state index is 6.21. The van der Waals surface area contributed by atoms with Gasteiger partial charge in [0.25, 0.3) is 0 Å². The van der Waals surface area contributed by atoms with Crippen LogP contribution in [0.25, 0.3) is 5.52 Å². The van der Waals surface area contributed by atoms with Gasteiger partial charge in [0, 0.05) is 12.7 Å². The third-order valence-electron chi connectivity index (χ3n) is 3.33. The van der Waals surface area contributed by atoms with Gasteiger partial charge in [-0.1, -0.05) is 17.7 Å². The van der Waals surface area contributed by atoms with Crippen LogP contribution in [0.1, 0.15) is 23.7 Å². The summed E-state index contributed by atoms with van der Waals surface area (Å²) in [5, 5.41) is 4.01. The molecule has 1 N–H and O–H groups in total. The fourth-order valence-corrected chi connectivity index (χ4v) is 2.83. The lowest BCUT2D eigenvalue weighted by atomic mass is 9.98. The highest BCUT2D eigenvalue weighted by molar-refractivity contribution is 6.33. The average Bonchev–Trinajstić information content (AvgIpc) is 2.88. The van der Waals surface area contributed by atoms with Crippen LogP contribution in [0.5, 0.6) is 0 Å². The molecule has 3 rings (SSSR count). The Labute approximate surface area is 99.4 Å². The molecule has 84 valence electrons. The van der Waals surface area contributed by atoms with Crippen molar-refractivity contribution in [1.29, 1.82) is 0 Å². The van der Waals surface area contributed by atoms with Crippen LogP contribution in [-0.2, 0) is 0 Å². The molecule has 0 amide bonds. The van der Waals surface area contributed by atoms with Crippen molar-refractivity contribution in [2.75, 3.05) is 13.1 Å². The zero-order valence-electron chi connectivity index (χ0n) is 9.20. The van der Waals surface area contributed by atoms with E-state index in [4.69, 9.17) is 11.6 Å². The smallest absolute Gasteiger partial charge is 0.155 e. The zero-order valence-corrected chi connectivity index (χ0v) is 9.96. The molecule has 0 radical (unpaired) electrons.